The van der Waals surface area contributed by atoms with Crippen molar-refractivity contribution in [2.75, 3.05) is 0 Å². The van der Waals surface area contributed by atoms with E-state index in [9.17, 15) is 0 Å². The SMILES string of the molecule is CCc1c(C)cc2sccc2c1CBr. The molecule has 0 aliphatic rings. The normalized spacial score (nSPS) is 11.1. The second-order valence-electron chi connectivity index (χ2n) is 3.47. The molecule has 2 rings (SSSR count). The van der Waals surface area contributed by atoms with E-state index < -0.39 is 0 Å². The molecule has 0 saturated carbocycles. The van der Waals surface area contributed by atoms with Gasteiger partial charge in [-0.1, -0.05) is 22.9 Å². The summed E-state index contributed by atoms with van der Waals surface area (Å²) in [6.45, 7) is 4.44. The molecular formula is C12H13BrS. The minimum absolute atomic E-state index is 0.963. The van der Waals surface area contributed by atoms with Crippen LogP contribution in [-0.2, 0) is 11.8 Å². The molecule has 0 N–H and O–H groups in total. The van der Waals surface area contributed by atoms with E-state index in [0.717, 1.165) is 11.8 Å². The van der Waals surface area contributed by atoms with E-state index in [1.54, 1.807) is 0 Å². The van der Waals surface area contributed by atoms with Crippen LogP contribution in [0, 0.1) is 6.92 Å². The molecule has 0 amide bonds. The van der Waals surface area contributed by atoms with Gasteiger partial charge in [-0.15, -0.1) is 11.3 Å². The highest BCUT2D eigenvalue weighted by Gasteiger charge is 2.09. The predicted molar refractivity (Wildman–Crippen MR) is 68.6 cm³/mol. The summed E-state index contributed by atoms with van der Waals surface area (Å²) < 4.78 is 1.41. The van der Waals surface area contributed by atoms with Gasteiger partial charge in [0.25, 0.3) is 0 Å². The number of hydrogen-bond donors (Lipinski definition) is 0. The third-order valence-electron chi connectivity index (χ3n) is 2.70. The van der Waals surface area contributed by atoms with Crippen LogP contribution in [0.15, 0.2) is 17.5 Å². The zero-order valence-electron chi connectivity index (χ0n) is 8.43. The Morgan fingerprint density at radius 1 is 1.36 bits per heavy atom. The average molecular weight is 269 g/mol. The van der Waals surface area contributed by atoms with E-state index in [1.165, 1.54) is 26.8 Å². The predicted octanol–water partition coefficient (Wildman–Crippen LogP) is 4.67. The molecule has 0 saturated heterocycles. The number of thiophene rings is 1. The van der Waals surface area contributed by atoms with Crippen molar-refractivity contribution < 1.29 is 0 Å². The maximum atomic E-state index is 3.59. The summed E-state index contributed by atoms with van der Waals surface area (Å²) >= 11 is 5.42. The lowest BCUT2D eigenvalue weighted by atomic mass is 9.98. The van der Waals surface area contributed by atoms with Crippen molar-refractivity contribution in [3.63, 3.8) is 0 Å². The van der Waals surface area contributed by atoms with Crippen LogP contribution in [0.4, 0.5) is 0 Å². The Labute approximate surface area is 97.1 Å². The van der Waals surface area contributed by atoms with Gasteiger partial charge in [-0.25, -0.2) is 0 Å². The van der Waals surface area contributed by atoms with E-state index in [1.807, 2.05) is 11.3 Å². The second-order valence-corrected chi connectivity index (χ2v) is 4.98. The molecule has 2 heteroatoms. The van der Waals surface area contributed by atoms with Crippen molar-refractivity contribution in [1.29, 1.82) is 0 Å². The Bertz CT molecular complexity index is 457. The van der Waals surface area contributed by atoms with Crippen molar-refractivity contribution in [3.8, 4) is 0 Å². The van der Waals surface area contributed by atoms with Crippen molar-refractivity contribution in [1.82, 2.24) is 0 Å². The monoisotopic (exact) mass is 268 g/mol. The molecule has 1 aromatic carbocycles. The van der Waals surface area contributed by atoms with Crippen LogP contribution in [0.5, 0.6) is 0 Å². The Kier molecular flexibility index (Phi) is 2.93. The van der Waals surface area contributed by atoms with Gasteiger partial charge in [-0.3, -0.25) is 0 Å². The molecule has 0 fully saturated rings. The van der Waals surface area contributed by atoms with Gasteiger partial charge in [-0.2, -0.15) is 0 Å². The fourth-order valence-electron chi connectivity index (χ4n) is 2.01. The smallest absolute Gasteiger partial charge is 0.0348 e. The molecule has 0 radical (unpaired) electrons. The van der Waals surface area contributed by atoms with Gasteiger partial charge >= 0.3 is 0 Å². The molecular weight excluding hydrogens is 256 g/mol. The number of hydrogen-bond acceptors (Lipinski definition) is 1. The molecule has 74 valence electrons. The van der Waals surface area contributed by atoms with Gasteiger partial charge in [0, 0.05) is 10.0 Å². The maximum Gasteiger partial charge on any atom is 0.0348 e. The van der Waals surface area contributed by atoms with Crippen molar-refractivity contribution >= 4 is 37.4 Å². The first kappa shape index (κ1) is 10.2. The van der Waals surface area contributed by atoms with Crippen LogP contribution < -0.4 is 0 Å². The molecule has 0 nitrogen and oxygen atoms in total. The van der Waals surface area contributed by atoms with E-state index in [-0.39, 0.29) is 0 Å². The van der Waals surface area contributed by atoms with Gasteiger partial charge < -0.3 is 0 Å². The van der Waals surface area contributed by atoms with Crippen LogP contribution in [0.3, 0.4) is 0 Å². The van der Waals surface area contributed by atoms with Gasteiger partial charge in [0.15, 0.2) is 0 Å². The average Bonchev–Trinajstić information content (AvgIpc) is 2.62. The summed E-state index contributed by atoms with van der Waals surface area (Å²) in [6, 6.07) is 4.54. The van der Waals surface area contributed by atoms with Gasteiger partial charge in [0.05, 0.1) is 0 Å². The van der Waals surface area contributed by atoms with Crippen LogP contribution >= 0.6 is 27.3 Å². The minimum atomic E-state index is 0.963. The first-order valence-electron chi connectivity index (χ1n) is 4.82. The fraction of sp³-hybridized carbons (Fsp3) is 0.333. The molecule has 14 heavy (non-hydrogen) atoms. The van der Waals surface area contributed by atoms with E-state index >= 15 is 0 Å². The zero-order chi connectivity index (χ0) is 10.1. The number of alkyl halides is 1. The highest BCUT2D eigenvalue weighted by Crippen LogP contribution is 2.31. The Hall–Kier alpha value is -0.340. The molecule has 0 spiro atoms. The van der Waals surface area contributed by atoms with E-state index in [4.69, 9.17) is 0 Å². The Morgan fingerprint density at radius 3 is 2.79 bits per heavy atom. The molecule has 1 heterocycles. The summed E-state index contributed by atoms with van der Waals surface area (Å²) in [6.07, 6.45) is 1.12. The molecule has 0 aliphatic heterocycles. The lowest BCUT2D eigenvalue weighted by Gasteiger charge is -2.10. The number of fused-ring (bicyclic) bond motifs is 1. The molecule has 0 aliphatic carbocycles. The number of aryl methyl sites for hydroxylation is 1. The number of halogens is 1. The minimum Gasteiger partial charge on any atom is -0.144 e. The second kappa shape index (κ2) is 4.03. The zero-order valence-corrected chi connectivity index (χ0v) is 10.8. The van der Waals surface area contributed by atoms with Gasteiger partial charge in [0.2, 0.25) is 0 Å². The summed E-state index contributed by atoms with van der Waals surface area (Å²) in [5, 5.41) is 4.56. The Morgan fingerprint density at radius 2 is 2.14 bits per heavy atom. The molecule has 0 unspecified atom stereocenters. The Balaban J connectivity index is 2.82. The standard InChI is InChI=1S/C12H13BrS/c1-3-9-8(2)6-12-10(4-5-14-12)11(9)7-13/h4-6H,3,7H2,1-2H3. The summed E-state index contributed by atoms with van der Waals surface area (Å²) in [7, 11) is 0. The lowest BCUT2D eigenvalue weighted by molar-refractivity contribution is 1.09. The van der Waals surface area contributed by atoms with Crippen LogP contribution in [0.2, 0.25) is 0 Å². The highest BCUT2D eigenvalue weighted by molar-refractivity contribution is 9.08. The topological polar surface area (TPSA) is 0 Å². The highest BCUT2D eigenvalue weighted by atomic mass is 79.9. The lowest BCUT2D eigenvalue weighted by Crippen LogP contribution is -1.93. The molecule has 0 atom stereocenters. The summed E-state index contributed by atoms with van der Waals surface area (Å²) in [5.41, 5.74) is 4.41. The van der Waals surface area contributed by atoms with E-state index in [0.29, 0.717) is 0 Å². The molecule has 0 bridgehead atoms. The third-order valence-corrected chi connectivity index (χ3v) is 4.12. The van der Waals surface area contributed by atoms with Gasteiger partial charge in [-0.05, 0) is 52.9 Å². The summed E-state index contributed by atoms with van der Waals surface area (Å²) in [5.74, 6) is 0. The van der Waals surface area contributed by atoms with Crippen molar-refractivity contribution in [2.24, 2.45) is 0 Å². The van der Waals surface area contributed by atoms with Crippen LogP contribution in [0.1, 0.15) is 23.6 Å². The van der Waals surface area contributed by atoms with E-state index in [2.05, 4.69) is 47.3 Å². The van der Waals surface area contributed by atoms with Crippen LogP contribution in [-0.4, -0.2) is 0 Å². The van der Waals surface area contributed by atoms with Crippen LogP contribution in [0.25, 0.3) is 10.1 Å². The van der Waals surface area contributed by atoms with Crippen molar-refractivity contribution in [2.45, 2.75) is 25.6 Å². The first-order chi connectivity index (χ1) is 6.77. The van der Waals surface area contributed by atoms with Crippen molar-refractivity contribution in [3.05, 3.63) is 34.2 Å². The maximum absolute atomic E-state index is 3.59. The number of benzene rings is 1. The first-order valence-corrected chi connectivity index (χ1v) is 6.82. The molecule has 2 aromatic rings. The number of rotatable bonds is 2. The third kappa shape index (κ3) is 1.51. The quantitative estimate of drug-likeness (QED) is 0.695. The fourth-order valence-corrected chi connectivity index (χ4v) is 3.57. The largest absolute Gasteiger partial charge is 0.144 e. The summed E-state index contributed by atoms with van der Waals surface area (Å²) in [4.78, 5) is 0. The van der Waals surface area contributed by atoms with Gasteiger partial charge in [0.1, 0.15) is 0 Å². The molecule has 1 aromatic heterocycles.